The van der Waals surface area contributed by atoms with Gasteiger partial charge >= 0.3 is 0 Å². The number of hydrogen-bond acceptors (Lipinski definition) is 2. The largest absolute Gasteiger partial charge is 0.268 e. The standard InChI is InChI=1S/C27H17NO2/c29-26-22-12-5-3-10-20(22)21-11-4-6-13-23(21)27(30)28(26)25-15-7-14-19-18-9-2-1-8-17(18)16-24(19)25/h1-15H,16H2. The molecule has 5 aromatic rings. The highest BCUT2D eigenvalue weighted by atomic mass is 16.2. The van der Waals surface area contributed by atoms with E-state index in [-0.39, 0.29) is 11.1 Å². The normalized spacial score (nSPS) is 12.1. The Labute approximate surface area is 172 Å². The average Bonchev–Trinajstić information content (AvgIpc) is 3.15. The van der Waals surface area contributed by atoms with Crippen LogP contribution in [0.4, 0.5) is 0 Å². The van der Waals surface area contributed by atoms with E-state index >= 15 is 0 Å². The van der Waals surface area contributed by atoms with Crippen LogP contribution >= 0.6 is 0 Å². The van der Waals surface area contributed by atoms with E-state index in [1.54, 1.807) is 12.1 Å². The van der Waals surface area contributed by atoms with E-state index in [0.29, 0.717) is 22.9 Å². The van der Waals surface area contributed by atoms with Crippen LogP contribution < -0.4 is 11.1 Å². The Bertz CT molecular complexity index is 1540. The first-order valence-corrected chi connectivity index (χ1v) is 10.0. The molecule has 0 unspecified atom stereocenters. The summed E-state index contributed by atoms with van der Waals surface area (Å²) in [4.78, 5) is 27.4. The highest BCUT2D eigenvalue weighted by molar-refractivity contribution is 6.05. The molecule has 1 heterocycles. The van der Waals surface area contributed by atoms with E-state index in [2.05, 4.69) is 18.2 Å². The van der Waals surface area contributed by atoms with Gasteiger partial charge in [0.05, 0.1) is 5.69 Å². The molecule has 0 amide bonds. The van der Waals surface area contributed by atoms with Crippen LogP contribution in [0.3, 0.4) is 0 Å². The molecule has 6 rings (SSSR count). The molecule has 0 N–H and O–H groups in total. The molecule has 0 bridgehead atoms. The van der Waals surface area contributed by atoms with Crippen molar-refractivity contribution in [1.29, 1.82) is 0 Å². The first kappa shape index (κ1) is 16.9. The molecule has 0 aliphatic heterocycles. The van der Waals surface area contributed by atoms with Gasteiger partial charge in [-0.2, -0.15) is 0 Å². The molecular weight excluding hydrogens is 370 g/mol. The van der Waals surface area contributed by atoms with Gasteiger partial charge in [0, 0.05) is 17.2 Å². The van der Waals surface area contributed by atoms with Crippen molar-refractivity contribution < 1.29 is 0 Å². The number of fused-ring (bicyclic) bond motifs is 6. The lowest BCUT2D eigenvalue weighted by Crippen LogP contribution is -2.29. The third-order valence-electron chi connectivity index (χ3n) is 6.08. The zero-order chi connectivity index (χ0) is 20.2. The molecule has 0 fully saturated rings. The van der Waals surface area contributed by atoms with Crippen LogP contribution in [0, 0.1) is 0 Å². The molecule has 30 heavy (non-hydrogen) atoms. The number of aromatic nitrogens is 1. The minimum Gasteiger partial charge on any atom is -0.268 e. The molecule has 1 aliphatic carbocycles. The maximum atomic E-state index is 13.7. The molecule has 1 aromatic heterocycles. The van der Waals surface area contributed by atoms with Gasteiger partial charge in [-0.25, -0.2) is 4.57 Å². The summed E-state index contributed by atoms with van der Waals surface area (Å²) in [6.07, 6.45) is 0.710. The van der Waals surface area contributed by atoms with Gasteiger partial charge in [-0.05, 0) is 51.2 Å². The Balaban J connectivity index is 1.80. The lowest BCUT2D eigenvalue weighted by atomic mass is 10.0. The van der Waals surface area contributed by atoms with Gasteiger partial charge in [-0.15, -0.1) is 0 Å². The fraction of sp³-hybridized carbons (Fsp3) is 0.0370. The monoisotopic (exact) mass is 387 g/mol. The highest BCUT2D eigenvalue weighted by Crippen LogP contribution is 2.38. The van der Waals surface area contributed by atoms with Crippen molar-refractivity contribution in [2.45, 2.75) is 6.42 Å². The van der Waals surface area contributed by atoms with Gasteiger partial charge in [0.1, 0.15) is 0 Å². The summed E-state index contributed by atoms with van der Waals surface area (Å²) in [6.45, 7) is 0. The SMILES string of the molecule is O=c1c2ccccc2c2ccccc2c(=O)n1-c1cccc2c1Cc1ccccc1-2. The molecule has 0 radical (unpaired) electrons. The highest BCUT2D eigenvalue weighted by Gasteiger charge is 2.23. The van der Waals surface area contributed by atoms with E-state index in [1.807, 2.05) is 60.7 Å². The lowest BCUT2D eigenvalue weighted by molar-refractivity contribution is 0.957. The van der Waals surface area contributed by atoms with Crippen LogP contribution in [0.15, 0.2) is 101 Å². The summed E-state index contributed by atoms with van der Waals surface area (Å²) in [5.74, 6) is 0. The van der Waals surface area contributed by atoms with E-state index in [1.165, 1.54) is 15.7 Å². The first-order chi connectivity index (χ1) is 14.7. The van der Waals surface area contributed by atoms with Gasteiger partial charge in [0.25, 0.3) is 11.1 Å². The molecule has 0 atom stereocenters. The maximum Gasteiger partial charge on any atom is 0.265 e. The molecule has 4 aromatic carbocycles. The predicted molar refractivity (Wildman–Crippen MR) is 122 cm³/mol. The maximum absolute atomic E-state index is 13.7. The fourth-order valence-corrected chi connectivity index (χ4v) is 4.71. The van der Waals surface area contributed by atoms with E-state index in [4.69, 9.17) is 0 Å². The summed E-state index contributed by atoms with van der Waals surface area (Å²) in [7, 11) is 0. The quantitative estimate of drug-likeness (QED) is 0.395. The summed E-state index contributed by atoms with van der Waals surface area (Å²) in [6, 6.07) is 29.1. The molecule has 0 saturated heterocycles. The summed E-state index contributed by atoms with van der Waals surface area (Å²) < 4.78 is 1.37. The smallest absolute Gasteiger partial charge is 0.265 e. The van der Waals surface area contributed by atoms with Crippen LogP contribution in [-0.2, 0) is 6.42 Å². The summed E-state index contributed by atoms with van der Waals surface area (Å²) in [5, 5.41) is 2.68. The molecule has 3 heteroatoms. The van der Waals surface area contributed by atoms with E-state index in [0.717, 1.165) is 21.9 Å². The second-order valence-electron chi connectivity index (χ2n) is 7.67. The van der Waals surface area contributed by atoms with Gasteiger partial charge in [-0.3, -0.25) is 9.59 Å². The van der Waals surface area contributed by atoms with E-state index < -0.39 is 0 Å². The second kappa shape index (κ2) is 6.26. The third kappa shape index (κ3) is 2.26. The zero-order valence-electron chi connectivity index (χ0n) is 16.1. The van der Waals surface area contributed by atoms with Crippen LogP contribution in [-0.4, -0.2) is 4.57 Å². The minimum absolute atomic E-state index is 0.281. The van der Waals surface area contributed by atoms with Crippen molar-refractivity contribution in [1.82, 2.24) is 4.57 Å². The van der Waals surface area contributed by atoms with E-state index in [9.17, 15) is 9.59 Å². The topological polar surface area (TPSA) is 39.1 Å². The Morgan fingerprint density at radius 3 is 1.73 bits per heavy atom. The Morgan fingerprint density at radius 1 is 0.533 bits per heavy atom. The van der Waals surface area contributed by atoms with Crippen LogP contribution in [0.1, 0.15) is 11.1 Å². The molecule has 1 aliphatic rings. The van der Waals surface area contributed by atoms with Crippen molar-refractivity contribution in [2.75, 3.05) is 0 Å². The Kier molecular flexibility index (Phi) is 3.53. The lowest BCUT2D eigenvalue weighted by Gasteiger charge is -2.09. The molecule has 142 valence electrons. The zero-order valence-corrected chi connectivity index (χ0v) is 16.1. The molecule has 0 saturated carbocycles. The van der Waals surface area contributed by atoms with Gasteiger partial charge in [0.15, 0.2) is 0 Å². The number of nitrogens with zero attached hydrogens (tertiary/aromatic N) is 1. The van der Waals surface area contributed by atoms with Gasteiger partial charge in [-0.1, -0.05) is 72.8 Å². The Morgan fingerprint density at radius 2 is 1.07 bits per heavy atom. The van der Waals surface area contributed by atoms with Crippen molar-refractivity contribution in [3.63, 3.8) is 0 Å². The summed E-state index contributed by atoms with van der Waals surface area (Å²) >= 11 is 0. The minimum atomic E-state index is -0.281. The van der Waals surface area contributed by atoms with Crippen molar-refractivity contribution in [3.05, 3.63) is 123 Å². The second-order valence-corrected chi connectivity index (χ2v) is 7.67. The number of rotatable bonds is 1. The van der Waals surface area contributed by atoms with Crippen LogP contribution in [0.25, 0.3) is 38.4 Å². The van der Waals surface area contributed by atoms with Crippen LogP contribution in [0.2, 0.25) is 0 Å². The average molecular weight is 387 g/mol. The Hall–Kier alpha value is -3.98. The number of benzene rings is 4. The molecule has 0 spiro atoms. The van der Waals surface area contributed by atoms with Gasteiger partial charge in [0.2, 0.25) is 0 Å². The fourth-order valence-electron chi connectivity index (χ4n) is 4.71. The van der Waals surface area contributed by atoms with Crippen molar-refractivity contribution in [2.24, 2.45) is 0 Å². The first-order valence-electron chi connectivity index (χ1n) is 10.0. The van der Waals surface area contributed by atoms with Crippen molar-refractivity contribution >= 4 is 21.5 Å². The third-order valence-corrected chi connectivity index (χ3v) is 6.08. The summed E-state index contributed by atoms with van der Waals surface area (Å²) in [5.41, 5.74) is 4.62. The predicted octanol–water partition coefficient (Wildman–Crippen LogP) is 5.08. The number of hydrogen-bond donors (Lipinski definition) is 0. The van der Waals surface area contributed by atoms with Crippen LogP contribution in [0.5, 0.6) is 0 Å². The molecular formula is C27H17NO2. The van der Waals surface area contributed by atoms with Gasteiger partial charge < -0.3 is 0 Å². The molecule has 3 nitrogen and oxygen atoms in total. The van der Waals surface area contributed by atoms with Crippen molar-refractivity contribution in [3.8, 4) is 16.8 Å².